The number of hydrogen-bond acceptors (Lipinski definition) is 4. The zero-order valence-electron chi connectivity index (χ0n) is 21.8. The monoisotopic (exact) mass is 495 g/mol. The minimum atomic E-state index is 0.0735. The van der Waals surface area contributed by atoms with Crippen LogP contribution in [-0.4, -0.2) is 37.1 Å². The molecule has 0 spiro atoms. The fourth-order valence-electron chi connectivity index (χ4n) is 5.70. The molecule has 0 saturated heterocycles. The maximum atomic E-state index is 13.9. The topological polar surface area (TPSA) is 83.9 Å². The standard InChI is InChI=1S/C30H33N5O2/c1-18-7-10-25-24(5-4-6-27(25)31-18)26-15-22-17-34(29(36)12-11-23-19(2)32-33-20(23)3)14-13-28(22)35(30(26)37)16-21-8-9-21/h4-7,10,15,21H,8-9,11-14,16-17H2,1-3H3,(H,32,33). The summed E-state index contributed by atoms with van der Waals surface area (Å²) in [6.45, 7) is 7.92. The number of H-pyrrole nitrogens is 1. The van der Waals surface area contributed by atoms with E-state index in [1.54, 1.807) is 0 Å². The van der Waals surface area contributed by atoms with E-state index in [2.05, 4.69) is 21.2 Å². The van der Waals surface area contributed by atoms with Gasteiger partial charge in [0.15, 0.2) is 0 Å². The Morgan fingerprint density at radius 1 is 1.11 bits per heavy atom. The highest BCUT2D eigenvalue weighted by molar-refractivity contribution is 5.94. The molecule has 1 aliphatic heterocycles. The van der Waals surface area contributed by atoms with Crippen molar-refractivity contribution in [3.63, 3.8) is 0 Å². The van der Waals surface area contributed by atoms with Crippen LogP contribution in [0, 0.1) is 26.7 Å². The quantitative estimate of drug-likeness (QED) is 0.422. The van der Waals surface area contributed by atoms with E-state index in [1.807, 2.05) is 60.6 Å². The van der Waals surface area contributed by atoms with Gasteiger partial charge in [-0.3, -0.25) is 19.7 Å². The molecule has 1 amide bonds. The highest BCUT2D eigenvalue weighted by Gasteiger charge is 2.29. The number of fused-ring (bicyclic) bond motifs is 2. The van der Waals surface area contributed by atoms with Gasteiger partial charge in [-0.1, -0.05) is 18.2 Å². The van der Waals surface area contributed by atoms with Crippen molar-refractivity contribution in [3.05, 3.63) is 80.7 Å². The van der Waals surface area contributed by atoms with E-state index in [4.69, 9.17) is 0 Å². The summed E-state index contributed by atoms with van der Waals surface area (Å²) in [5, 5.41) is 8.26. The number of hydrogen-bond donors (Lipinski definition) is 1. The van der Waals surface area contributed by atoms with Crippen molar-refractivity contribution in [2.45, 2.75) is 66.0 Å². The maximum absolute atomic E-state index is 13.9. The highest BCUT2D eigenvalue weighted by Crippen LogP contribution is 2.33. The van der Waals surface area contributed by atoms with E-state index in [-0.39, 0.29) is 11.5 Å². The van der Waals surface area contributed by atoms with Crippen molar-refractivity contribution in [2.24, 2.45) is 5.92 Å². The number of carbonyl (C=O) groups excluding carboxylic acids is 1. The Hall–Kier alpha value is -3.74. The van der Waals surface area contributed by atoms with Gasteiger partial charge in [0.2, 0.25) is 5.91 Å². The van der Waals surface area contributed by atoms with Crippen molar-refractivity contribution in [2.75, 3.05) is 6.54 Å². The number of amides is 1. The fraction of sp³-hybridized carbons (Fsp3) is 0.400. The van der Waals surface area contributed by atoms with E-state index in [0.717, 1.165) is 56.9 Å². The Morgan fingerprint density at radius 3 is 2.70 bits per heavy atom. The molecule has 7 heteroatoms. The summed E-state index contributed by atoms with van der Waals surface area (Å²) in [4.78, 5) is 33.8. The van der Waals surface area contributed by atoms with Gasteiger partial charge < -0.3 is 9.47 Å². The lowest BCUT2D eigenvalue weighted by atomic mass is 9.96. The summed E-state index contributed by atoms with van der Waals surface area (Å²) in [6.07, 6.45) is 4.22. The minimum Gasteiger partial charge on any atom is -0.338 e. The van der Waals surface area contributed by atoms with Crippen molar-refractivity contribution in [1.29, 1.82) is 0 Å². The Balaban J connectivity index is 1.35. The Kier molecular flexibility index (Phi) is 5.94. The average Bonchev–Trinajstić information content (AvgIpc) is 3.66. The molecule has 37 heavy (non-hydrogen) atoms. The van der Waals surface area contributed by atoms with Crippen LogP contribution in [0.4, 0.5) is 0 Å². The van der Waals surface area contributed by atoms with Gasteiger partial charge in [0.25, 0.3) is 5.56 Å². The van der Waals surface area contributed by atoms with E-state index in [9.17, 15) is 9.59 Å². The third-order valence-electron chi connectivity index (χ3n) is 7.99. The molecule has 1 aliphatic carbocycles. The van der Waals surface area contributed by atoms with Gasteiger partial charge in [-0.15, -0.1) is 0 Å². The lowest BCUT2D eigenvalue weighted by Crippen LogP contribution is -2.39. The molecule has 190 valence electrons. The van der Waals surface area contributed by atoms with Crippen molar-refractivity contribution >= 4 is 16.8 Å². The lowest BCUT2D eigenvalue weighted by Gasteiger charge is -2.31. The second-order valence-electron chi connectivity index (χ2n) is 10.7. The van der Waals surface area contributed by atoms with Crippen LogP contribution in [0.5, 0.6) is 0 Å². The zero-order valence-corrected chi connectivity index (χ0v) is 21.8. The largest absolute Gasteiger partial charge is 0.338 e. The number of nitrogens with one attached hydrogen (secondary N) is 1. The summed E-state index contributed by atoms with van der Waals surface area (Å²) in [6, 6.07) is 12.1. The van der Waals surface area contributed by atoms with Crippen LogP contribution in [-0.2, 0) is 30.7 Å². The second kappa shape index (κ2) is 9.29. The average molecular weight is 496 g/mol. The number of aryl methyl sites for hydroxylation is 3. The van der Waals surface area contributed by atoms with E-state index in [1.165, 1.54) is 12.8 Å². The number of benzene rings is 1. The third-order valence-corrected chi connectivity index (χ3v) is 7.99. The molecule has 4 heterocycles. The molecule has 7 nitrogen and oxygen atoms in total. The minimum absolute atomic E-state index is 0.0735. The Labute approximate surface area is 216 Å². The molecule has 0 radical (unpaired) electrons. The number of aromatic nitrogens is 4. The molecule has 0 atom stereocenters. The van der Waals surface area contributed by atoms with Gasteiger partial charge in [0.05, 0.1) is 11.2 Å². The smallest absolute Gasteiger partial charge is 0.258 e. The number of carbonyl (C=O) groups is 1. The number of aromatic amines is 1. The Bertz CT molecular complexity index is 1560. The first-order valence-electron chi connectivity index (χ1n) is 13.3. The first-order valence-corrected chi connectivity index (χ1v) is 13.3. The first kappa shape index (κ1) is 23.6. The normalized spacial score (nSPS) is 15.3. The number of rotatable bonds is 6. The van der Waals surface area contributed by atoms with Crippen LogP contribution in [0.3, 0.4) is 0 Å². The van der Waals surface area contributed by atoms with Crippen molar-refractivity contribution in [1.82, 2.24) is 24.6 Å². The highest BCUT2D eigenvalue weighted by atomic mass is 16.2. The Morgan fingerprint density at radius 2 is 1.95 bits per heavy atom. The summed E-state index contributed by atoms with van der Waals surface area (Å²) in [5.74, 6) is 0.729. The molecule has 3 aromatic heterocycles. The molecule has 0 unspecified atom stereocenters. The van der Waals surface area contributed by atoms with E-state index < -0.39 is 0 Å². The number of pyridine rings is 2. The van der Waals surface area contributed by atoms with Gasteiger partial charge in [-0.05, 0) is 80.8 Å². The summed E-state index contributed by atoms with van der Waals surface area (Å²) in [5.41, 5.74) is 8.84. The lowest BCUT2D eigenvalue weighted by molar-refractivity contribution is -0.132. The van der Waals surface area contributed by atoms with Crippen LogP contribution in [0.15, 0.2) is 41.2 Å². The van der Waals surface area contributed by atoms with Crippen molar-refractivity contribution in [3.8, 4) is 11.1 Å². The van der Waals surface area contributed by atoms with Gasteiger partial charge in [0, 0.05) is 60.5 Å². The van der Waals surface area contributed by atoms with Gasteiger partial charge in [-0.25, -0.2) is 0 Å². The SMILES string of the molecule is Cc1ccc2c(-c3cc4c(n(CC5CC5)c3=O)CCN(C(=O)CCc3c(C)n[nH]c3C)C4)cccc2n1. The summed E-state index contributed by atoms with van der Waals surface area (Å²) < 4.78 is 2.02. The molecular formula is C30H33N5O2. The molecular weight excluding hydrogens is 462 g/mol. The molecule has 1 saturated carbocycles. The third kappa shape index (κ3) is 4.47. The summed E-state index contributed by atoms with van der Waals surface area (Å²) >= 11 is 0. The molecule has 1 aromatic carbocycles. The summed E-state index contributed by atoms with van der Waals surface area (Å²) in [7, 11) is 0. The van der Waals surface area contributed by atoms with Crippen LogP contribution in [0.2, 0.25) is 0 Å². The van der Waals surface area contributed by atoms with Gasteiger partial charge >= 0.3 is 0 Å². The molecule has 1 fully saturated rings. The van der Waals surface area contributed by atoms with Crippen LogP contribution >= 0.6 is 0 Å². The zero-order chi connectivity index (χ0) is 25.7. The predicted molar refractivity (Wildman–Crippen MR) is 144 cm³/mol. The maximum Gasteiger partial charge on any atom is 0.258 e. The van der Waals surface area contributed by atoms with Gasteiger partial charge in [0.1, 0.15) is 0 Å². The van der Waals surface area contributed by atoms with E-state index >= 15 is 0 Å². The van der Waals surface area contributed by atoms with Crippen LogP contribution < -0.4 is 5.56 Å². The molecule has 6 rings (SSSR count). The number of nitrogens with zero attached hydrogens (tertiary/aromatic N) is 4. The predicted octanol–water partition coefficient (Wildman–Crippen LogP) is 4.64. The van der Waals surface area contributed by atoms with Crippen LogP contribution in [0.1, 0.15) is 53.2 Å². The van der Waals surface area contributed by atoms with Crippen LogP contribution in [0.25, 0.3) is 22.0 Å². The van der Waals surface area contributed by atoms with Crippen molar-refractivity contribution < 1.29 is 4.79 Å². The van der Waals surface area contributed by atoms with Gasteiger partial charge in [-0.2, -0.15) is 5.10 Å². The molecule has 4 aromatic rings. The second-order valence-corrected chi connectivity index (χ2v) is 10.7. The first-order chi connectivity index (χ1) is 17.9. The fourth-order valence-corrected chi connectivity index (χ4v) is 5.70. The molecule has 2 aliphatic rings. The van der Waals surface area contributed by atoms with E-state index in [0.29, 0.717) is 43.8 Å². The molecule has 1 N–H and O–H groups in total. The molecule has 0 bridgehead atoms.